The smallest absolute Gasteiger partial charge is 0.272 e. The second kappa shape index (κ2) is 3.96. The second-order valence-corrected chi connectivity index (χ2v) is 3.92. The predicted molar refractivity (Wildman–Crippen MR) is 68.2 cm³/mol. The molecule has 0 fully saturated rings. The lowest BCUT2D eigenvalue weighted by atomic mass is 10.0. The van der Waals surface area contributed by atoms with Gasteiger partial charge < -0.3 is 4.98 Å². The van der Waals surface area contributed by atoms with Crippen molar-refractivity contribution in [1.82, 2.24) is 9.97 Å². The molecular formula is C13H9N3O2. The highest BCUT2D eigenvalue weighted by atomic mass is 16.6. The number of hydrogen-bond acceptors (Lipinski definition) is 3. The van der Waals surface area contributed by atoms with Crippen LogP contribution in [0.25, 0.3) is 22.2 Å². The van der Waals surface area contributed by atoms with Crippen LogP contribution in [0.15, 0.2) is 48.8 Å². The van der Waals surface area contributed by atoms with Crippen LogP contribution in [0.1, 0.15) is 0 Å². The van der Waals surface area contributed by atoms with Crippen LogP contribution in [0.4, 0.5) is 5.69 Å². The molecule has 1 N–H and O–H groups in total. The number of non-ortho nitro benzene ring substituents is 1. The van der Waals surface area contributed by atoms with E-state index in [9.17, 15) is 10.1 Å². The van der Waals surface area contributed by atoms with E-state index >= 15 is 0 Å². The number of fused-ring (bicyclic) bond motifs is 1. The van der Waals surface area contributed by atoms with Crippen LogP contribution < -0.4 is 0 Å². The number of nitro groups is 1. The first kappa shape index (κ1) is 10.5. The van der Waals surface area contributed by atoms with Crippen molar-refractivity contribution in [2.24, 2.45) is 0 Å². The number of aromatic amines is 1. The Morgan fingerprint density at radius 1 is 1.17 bits per heavy atom. The maximum absolute atomic E-state index is 10.9. The van der Waals surface area contributed by atoms with Crippen molar-refractivity contribution in [3.05, 3.63) is 58.9 Å². The summed E-state index contributed by atoms with van der Waals surface area (Å²) in [6.07, 6.45) is 1.54. The second-order valence-electron chi connectivity index (χ2n) is 3.92. The molecule has 0 saturated carbocycles. The molecule has 1 aromatic heterocycles. The largest absolute Gasteiger partial charge is 0.344 e. The highest BCUT2D eigenvalue weighted by Crippen LogP contribution is 2.30. The molecule has 0 aliphatic heterocycles. The molecule has 5 heteroatoms. The minimum atomic E-state index is -0.396. The van der Waals surface area contributed by atoms with Crippen molar-refractivity contribution in [3.8, 4) is 11.1 Å². The summed E-state index contributed by atoms with van der Waals surface area (Å²) in [5, 5.41) is 10.9. The standard InChI is InChI=1S/C13H9N3O2/c17-16(18)10-6-11(9-4-2-1-3-5-9)13-12(7-10)14-8-15-13/h1-8H,(H,14,15). The molecule has 0 unspecified atom stereocenters. The summed E-state index contributed by atoms with van der Waals surface area (Å²) in [5.74, 6) is 0. The Bertz CT molecular complexity index is 719. The number of aromatic nitrogens is 2. The summed E-state index contributed by atoms with van der Waals surface area (Å²) < 4.78 is 0. The average Bonchev–Trinajstić information content (AvgIpc) is 2.86. The third-order valence-electron chi connectivity index (χ3n) is 2.80. The van der Waals surface area contributed by atoms with Crippen molar-refractivity contribution >= 4 is 16.7 Å². The molecule has 3 rings (SSSR count). The first-order valence-electron chi connectivity index (χ1n) is 5.42. The Morgan fingerprint density at radius 2 is 1.94 bits per heavy atom. The number of rotatable bonds is 2. The van der Waals surface area contributed by atoms with Crippen LogP contribution in [0.3, 0.4) is 0 Å². The zero-order chi connectivity index (χ0) is 12.5. The molecule has 0 aliphatic rings. The molecule has 0 radical (unpaired) electrons. The number of benzene rings is 2. The Hall–Kier alpha value is -2.69. The topological polar surface area (TPSA) is 71.8 Å². The summed E-state index contributed by atoms with van der Waals surface area (Å²) in [4.78, 5) is 17.7. The maximum Gasteiger partial charge on any atom is 0.272 e. The Balaban J connectivity index is 2.33. The van der Waals surface area contributed by atoms with E-state index in [2.05, 4.69) is 9.97 Å². The van der Waals surface area contributed by atoms with Gasteiger partial charge >= 0.3 is 0 Å². The lowest BCUT2D eigenvalue weighted by Crippen LogP contribution is -1.90. The molecule has 88 valence electrons. The van der Waals surface area contributed by atoms with Gasteiger partial charge in [0.05, 0.1) is 22.3 Å². The predicted octanol–water partition coefficient (Wildman–Crippen LogP) is 3.14. The Kier molecular flexibility index (Phi) is 2.30. The SMILES string of the molecule is O=[N+]([O-])c1cc(-c2ccccc2)c2nc[nH]c2c1. The number of H-pyrrole nitrogens is 1. The van der Waals surface area contributed by atoms with E-state index in [0.717, 1.165) is 16.6 Å². The third kappa shape index (κ3) is 1.62. The lowest BCUT2D eigenvalue weighted by Gasteiger charge is -2.02. The van der Waals surface area contributed by atoms with Gasteiger partial charge in [0.1, 0.15) is 0 Å². The van der Waals surface area contributed by atoms with Gasteiger partial charge in [0.15, 0.2) is 0 Å². The molecule has 0 saturated heterocycles. The van der Waals surface area contributed by atoms with E-state index in [1.54, 1.807) is 12.4 Å². The summed E-state index contributed by atoms with van der Waals surface area (Å²) in [5.41, 5.74) is 3.15. The molecule has 5 nitrogen and oxygen atoms in total. The fourth-order valence-corrected chi connectivity index (χ4v) is 1.98. The van der Waals surface area contributed by atoms with Gasteiger partial charge in [-0.3, -0.25) is 10.1 Å². The number of imidazole rings is 1. The molecule has 0 aliphatic carbocycles. The zero-order valence-electron chi connectivity index (χ0n) is 9.33. The fraction of sp³-hybridized carbons (Fsp3) is 0. The summed E-state index contributed by atoms with van der Waals surface area (Å²) in [7, 11) is 0. The number of nitrogens with one attached hydrogen (secondary N) is 1. The summed E-state index contributed by atoms with van der Waals surface area (Å²) >= 11 is 0. The highest BCUT2D eigenvalue weighted by molar-refractivity contribution is 5.93. The molecule has 2 aromatic carbocycles. The number of nitrogens with zero attached hydrogens (tertiary/aromatic N) is 2. The van der Waals surface area contributed by atoms with Gasteiger partial charge in [-0.15, -0.1) is 0 Å². The quantitative estimate of drug-likeness (QED) is 0.551. The minimum Gasteiger partial charge on any atom is -0.344 e. The van der Waals surface area contributed by atoms with Gasteiger partial charge in [-0.05, 0) is 5.56 Å². The van der Waals surface area contributed by atoms with Gasteiger partial charge in [0.2, 0.25) is 0 Å². The van der Waals surface area contributed by atoms with Crippen molar-refractivity contribution in [2.45, 2.75) is 0 Å². The molecular weight excluding hydrogens is 230 g/mol. The summed E-state index contributed by atoms with van der Waals surface area (Å²) in [6, 6.07) is 12.6. The zero-order valence-corrected chi connectivity index (χ0v) is 9.33. The van der Waals surface area contributed by atoms with Gasteiger partial charge in [-0.25, -0.2) is 4.98 Å². The fourth-order valence-electron chi connectivity index (χ4n) is 1.98. The average molecular weight is 239 g/mol. The first-order valence-corrected chi connectivity index (χ1v) is 5.42. The Labute approximate surface area is 102 Å². The van der Waals surface area contributed by atoms with Crippen molar-refractivity contribution < 1.29 is 4.92 Å². The van der Waals surface area contributed by atoms with E-state index < -0.39 is 4.92 Å². The molecule has 0 spiro atoms. The minimum absolute atomic E-state index is 0.0607. The molecule has 1 heterocycles. The van der Waals surface area contributed by atoms with E-state index in [4.69, 9.17) is 0 Å². The van der Waals surface area contributed by atoms with Crippen LogP contribution in [0, 0.1) is 10.1 Å². The Morgan fingerprint density at radius 3 is 2.67 bits per heavy atom. The van der Waals surface area contributed by atoms with E-state index in [0.29, 0.717) is 5.52 Å². The van der Waals surface area contributed by atoms with Crippen LogP contribution in [0.2, 0.25) is 0 Å². The first-order chi connectivity index (χ1) is 8.75. The summed E-state index contributed by atoms with van der Waals surface area (Å²) in [6.45, 7) is 0. The van der Waals surface area contributed by atoms with Gasteiger partial charge in [0, 0.05) is 17.7 Å². The van der Waals surface area contributed by atoms with Crippen molar-refractivity contribution in [3.63, 3.8) is 0 Å². The van der Waals surface area contributed by atoms with Gasteiger partial charge in [-0.2, -0.15) is 0 Å². The van der Waals surface area contributed by atoms with E-state index in [1.807, 2.05) is 30.3 Å². The third-order valence-corrected chi connectivity index (χ3v) is 2.80. The molecule has 0 amide bonds. The lowest BCUT2D eigenvalue weighted by molar-refractivity contribution is -0.384. The van der Waals surface area contributed by atoms with Crippen LogP contribution in [-0.2, 0) is 0 Å². The van der Waals surface area contributed by atoms with Crippen LogP contribution in [-0.4, -0.2) is 14.9 Å². The molecule has 18 heavy (non-hydrogen) atoms. The van der Waals surface area contributed by atoms with Crippen LogP contribution >= 0.6 is 0 Å². The molecule has 0 bridgehead atoms. The van der Waals surface area contributed by atoms with Gasteiger partial charge in [0.25, 0.3) is 5.69 Å². The molecule has 3 aromatic rings. The monoisotopic (exact) mass is 239 g/mol. The van der Waals surface area contributed by atoms with Crippen molar-refractivity contribution in [2.75, 3.05) is 0 Å². The van der Waals surface area contributed by atoms with E-state index in [-0.39, 0.29) is 5.69 Å². The highest BCUT2D eigenvalue weighted by Gasteiger charge is 2.14. The van der Waals surface area contributed by atoms with E-state index in [1.165, 1.54) is 6.07 Å². The normalized spacial score (nSPS) is 10.7. The molecule has 0 atom stereocenters. The number of hydrogen-bond donors (Lipinski definition) is 1. The number of nitro benzene ring substituents is 1. The van der Waals surface area contributed by atoms with Gasteiger partial charge in [-0.1, -0.05) is 30.3 Å². The maximum atomic E-state index is 10.9. The van der Waals surface area contributed by atoms with Crippen molar-refractivity contribution in [1.29, 1.82) is 0 Å². The van der Waals surface area contributed by atoms with Crippen LogP contribution in [0.5, 0.6) is 0 Å².